The lowest BCUT2D eigenvalue weighted by molar-refractivity contribution is -0.00498. The van der Waals surface area contributed by atoms with Crippen LogP contribution < -0.4 is 0 Å². The van der Waals surface area contributed by atoms with E-state index in [-0.39, 0.29) is 17.4 Å². The molecular weight excluding hydrogens is 320 g/mol. The number of nitrogens with zero attached hydrogens (tertiary/aromatic N) is 3. The molecule has 1 unspecified atom stereocenters. The molecule has 1 aliphatic rings. The number of pyridine rings is 1. The Kier molecular flexibility index (Phi) is 4.14. The summed E-state index contributed by atoms with van der Waals surface area (Å²) >= 11 is 0. The summed E-state index contributed by atoms with van der Waals surface area (Å²) in [5, 5.41) is 6.51. The van der Waals surface area contributed by atoms with Gasteiger partial charge in [-0.2, -0.15) is 5.10 Å². The van der Waals surface area contributed by atoms with Crippen LogP contribution in [0.5, 0.6) is 0 Å². The van der Waals surface area contributed by atoms with Gasteiger partial charge in [-0.3, -0.25) is 14.9 Å². The third kappa shape index (κ3) is 3.10. The number of morpholine rings is 1. The van der Waals surface area contributed by atoms with Crippen molar-refractivity contribution >= 4 is 15.7 Å². The van der Waals surface area contributed by atoms with E-state index >= 15 is 0 Å². The van der Waals surface area contributed by atoms with Gasteiger partial charge >= 0.3 is 0 Å². The summed E-state index contributed by atoms with van der Waals surface area (Å²) in [6.07, 6.45) is 3.90. The van der Waals surface area contributed by atoms with E-state index in [9.17, 15) is 13.2 Å². The van der Waals surface area contributed by atoms with Crippen molar-refractivity contribution in [1.82, 2.24) is 20.1 Å². The zero-order valence-corrected chi connectivity index (χ0v) is 13.3. The molecular formula is C14H16N4O4S. The van der Waals surface area contributed by atoms with Gasteiger partial charge in [-0.15, -0.1) is 0 Å². The summed E-state index contributed by atoms with van der Waals surface area (Å²) in [6.45, 7) is 0.934. The Bertz CT molecular complexity index is 803. The number of aromatic nitrogens is 3. The maximum absolute atomic E-state index is 12.7. The van der Waals surface area contributed by atoms with E-state index in [0.29, 0.717) is 24.5 Å². The lowest BCUT2D eigenvalue weighted by atomic mass is 10.1. The first-order chi connectivity index (χ1) is 11.0. The molecule has 8 nitrogen and oxygen atoms in total. The second-order valence-corrected chi connectivity index (χ2v) is 7.21. The molecule has 1 atom stereocenters. The number of hydrogen-bond donors (Lipinski definition) is 1. The van der Waals surface area contributed by atoms with Crippen molar-refractivity contribution in [1.29, 1.82) is 0 Å². The molecule has 23 heavy (non-hydrogen) atoms. The standard InChI is InChI=1S/C14H16N4O4S/c1-23(20,21)12-8-16-17-13(12)11-9-22-7-6-18(11)14(19)10-4-2-3-5-15-10/h2-5,8,11H,6-7,9H2,1H3,(H,16,17). The van der Waals surface area contributed by atoms with E-state index in [0.717, 1.165) is 6.26 Å². The monoisotopic (exact) mass is 336 g/mol. The van der Waals surface area contributed by atoms with Gasteiger partial charge in [0.05, 0.1) is 31.1 Å². The number of amides is 1. The second-order valence-electron chi connectivity index (χ2n) is 5.22. The topological polar surface area (TPSA) is 105 Å². The minimum atomic E-state index is -3.46. The summed E-state index contributed by atoms with van der Waals surface area (Å²) in [5.74, 6) is -0.270. The molecule has 0 aromatic carbocycles. The predicted octanol–water partition coefficient (Wildman–Crippen LogP) is 0.422. The highest BCUT2D eigenvalue weighted by atomic mass is 32.2. The first-order valence-corrected chi connectivity index (χ1v) is 8.90. The number of aromatic amines is 1. The van der Waals surface area contributed by atoms with E-state index in [1.54, 1.807) is 29.3 Å². The van der Waals surface area contributed by atoms with E-state index in [1.165, 1.54) is 6.20 Å². The maximum atomic E-state index is 12.7. The molecule has 0 spiro atoms. The van der Waals surface area contributed by atoms with Gasteiger partial charge in [-0.25, -0.2) is 8.42 Å². The molecule has 0 radical (unpaired) electrons. The molecule has 0 aliphatic carbocycles. The fourth-order valence-corrected chi connectivity index (χ4v) is 3.37. The van der Waals surface area contributed by atoms with Gasteiger partial charge in [-0.1, -0.05) is 6.07 Å². The third-order valence-electron chi connectivity index (χ3n) is 3.64. The zero-order chi connectivity index (χ0) is 16.4. The highest BCUT2D eigenvalue weighted by Crippen LogP contribution is 2.28. The number of H-pyrrole nitrogens is 1. The molecule has 1 aliphatic heterocycles. The van der Waals surface area contributed by atoms with E-state index < -0.39 is 15.9 Å². The van der Waals surface area contributed by atoms with Crippen LogP contribution in [0.15, 0.2) is 35.5 Å². The van der Waals surface area contributed by atoms with Crippen LogP contribution in [0.3, 0.4) is 0 Å². The largest absolute Gasteiger partial charge is 0.377 e. The summed E-state index contributed by atoms with van der Waals surface area (Å²) in [7, 11) is -3.46. The van der Waals surface area contributed by atoms with Crippen LogP contribution in [0.1, 0.15) is 22.2 Å². The summed E-state index contributed by atoms with van der Waals surface area (Å²) in [4.78, 5) is 18.4. The molecule has 122 valence electrons. The summed E-state index contributed by atoms with van der Waals surface area (Å²) in [5.41, 5.74) is 0.663. The number of ether oxygens (including phenoxy) is 1. The smallest absolute Gasteiger partial charge is 0.273 e. The van der Waals surface area contributed by atoms with Gasteiger partial charge in [0.2, 0.25) is 0 Å². The quantitative estimate of drug-likeness (QED) is 0.871. The van der Waals surface area contributed by atoms with Crippen molar-refractivity contribution in [2.75, 3.05) is 26.0 Å². The molecule has 1 amide bonds. The highest BCUT2D eigenvalue weighted by Gasteiger charge is 2.34. The Labute approximate surface area is 133 Å². The van der Waals surface area contributed by atoms with Crippen molar-refractivity contribution in [2.24, 2.45) is 0 Å². The second kappa shape index (κ2) is 6.09. The first-order valence-electron chi connectivity index (χ1n) is 7.01. The first kappa shape index (κ1) is 15.6. The van der Waals surface area contributed by atoms with Crippen LogP contribution in [0.25, 0.3) is 0 Å². The van der Waals surface area contributed by atoms with Crippen LogP contribution >= 0.6 is 0 Å². The number of carbonyl (C=O) groups excluding carboxylic acids is 1. The Morgan fingerprint density at radius 3 is 2.96 bits per heavy atom. The SMILES string of the molecule is CS(=O)(=O)c1cn[nH]c1C1COCCN1C(=O)c1ccccn1. The van der Waals surface area contributed by atoms with Gasteiger partial charge in [0.15, 0.2) is 9.84 Å². The third-order valence-corrected chi connectivity index (χ3v) is 4.76. The molecule has 9 heteroatoms. The molecule has 1 saturated heterocycles. The fourth-order valence-electron chi connectivity index (χ4n) is 2.54. The van der Waals surface area contributed by atoms with Gasteiger partial charge < -0.3 is 9.64 Å². The van der Waals surface area contributed by atoms with Gasteiger partial charge in [0, 0.05) is 19.0 Å². The molecule has 1 fully saturated rings. The van der Waals surface area contributed by atoms with Gasteiger partial charge in [0.25, 0.3) is 5.91 Å². The van der Waals surface area contributed by atoms with Crippen molar-refractivity contribution < 1.29 is 17.9 Å². The van der Waals surface area contributed by atoms with E-state index in [1.807, 2.05) is 0 Å². The number of carbonyl (C=O) groups is 1. The number of hydrogen-bond acceptors (Lipinski definition) is 6. The Morgan fingerprint density at radius 2 is 2.26 bits per heavy atom. The van der Waals surface area contributed by atoms with Crippen molar-refractivity contribution in [2.45, 2.75) is 10.9 Å². The van der Waals surface area contributed by atoms with Gasteiger partial charge in [0.1, 0.15) is 10.6 Å². The molecule has 2 aromatic rings. The van der Waals surface area contributed by atoms with Crippen LogP contribution in [0, 0.1) is 0 Å². The normalized spacial score (nSPS) is 18.8. The molecule has 0 bridgehead atoms. The summed E-state index contributed by atoms with van der Waals surface area (Å²) < 4.78 is 29.2. The lowest BCUT2D eigenvalue weighted by Gasteiger charge is -2.35. The van der Waals surface area contributed by atoms with Crippen LogP contribution in [-0.2, 0) is 14.6 Å². The highest BCUT2D eigenvalue weighted by molar-refractivity contribution is 7.90. The molecule has 1 N–H and O–H groups in total. The minimum absolute atomic E-state index is 0.0758. The Hall–Kier alpha value is -2.26. The molecule has 2 aromatic heterocycles. The van der Waals surface area contributed by atoms with E-state index in [4.69, 9.17) is 4.74 Å². The average molecular weight is 336 g/mol. The average Bonchev–Trinajstić information content (AvgIpc) is 3.05. The number of sulfone groups is 1. The maximum Gasteiger partial charge on any atom is 0.273 e. The van der Waals surface area contributed by atoms with Gasteiger partial charge in [-0.05, 0) is 12.1 Å². The fraction of sp³-hybridized carbons (Fsp3) is 0.357. The van der Waals surface area contributed by atoms with Crippen LogP contribution in [-0.4, -0.2) is 60.4 Å². The Balaban J connectivity index is 1.97. The molecule has 3 heterocycles. The number of rotatable bonds is 3. The predicted molar refractivity (Wildman–Crippen MR) is 80.5 cm³/mol. The van der Waals surface area contributed by atoms with Crippen LogP contribution in [0.2, 0.25) is 0 Å². The van der Waals surface area contributed by atoms with E-state index in [2.05, 4.69) is 15.2 Å². The lowest BCUT2D eigenvalue weighted by Crippen LogP contribution is -2.44. The van der Waals surface area contributed by atoms with Crippen molar-refractivity contribution in [3.63, 3.8) is 0 Å². The number of nitrogens with one attached hydrogen (secondary N) is 1. The Morgan fingerprint density at radius 1 is 1.43 bits per heavy atom. The van der Waals surface area contributed by atoms with Crippen LogP contribution in [0.4, 0.5) is 0 Å². The van der Waals surface area contributed by atoms with Crippen molar-refractivity contribution in [3.8, 4) is 0 Å². The minimum Gasteiger partial charge on any atom is -0.377 e. The van der Waals surface area contributed by atoms with Crippen molar-refractivity contribution in [3.05, 3.63) is 42.0 Å². The zero-order valence-electron chi connectivity index (χ0n) is 12.5. The molecule has 0 saturated carbocycles. The molecule has 3 rings (SSSR count). The summed E-state index contributed by atoms with van der Waals surface area (Å²) in [6, 6.07) is 4.53.